The quantitative estimate of drug-likeness (QED) is 0.229. The Morgan fingerprint density at radius 3 is 2.60 bits per heavy atom. The van der Waals surface area contributed by atoms with Crippen molar-refractivity contribution in [1.29, 1.82) is 0 Å². The number of halogens is 3. The molecule has 2 bridgehead atoms. The van der Waals surface area contributed by atoms with Crippen LogP contribution in [0.2, 0.25) is 0 Å². The van der Waals surface area contributed by atoms with Crippen molar-refractivity contribution in [2.45, 2.75) is 109 Å². The van der Waals surface area contributed by atoms with Crippen LogP contribution in [0.1, 0.15) is 89.7 Å². The first-order valence-corrected chi connectivity index (χ1v) is 17.9. The lowest BCUT2D eigenvalue weighted by Gasteiger charge is -2.64. The second kappa shape index (κ2) is 13.0. The summed E-state index contributed by atoms with van der Waals surface area (Å²) in [4.78, 5) is 50.4. The number of pyridine rings is 1. The van der Waals surface area contributed by atoms with Crippen LogP contribution in [0.4, 0.5) is 24.5 Å². The molecular formula is C37H44BF3N6O5. The fraction of sp³-hybridized carbons (Fsp3) is 0.541. The molecule has 8 rings (SSSR count). The van der Waals surface area contributed by atoms with E-state index in [1.807, 2.05) is 6.92 Å². The third kappa shape index (κ3) is 6.29. The molecule has 3 aromatic rings. The summed E-state index contributed by atoms with van der Waals surface area (Å²) in [5.41, 5.74) is -1.90. The summed E-state index contributed by atoms with van der Waals surface area (Å²) in [6.07, 6.45) is 2.32. The minimum absolute atomic E-state index is 0.0103. The van der Waals surface area contributed by atoms with Crippen LogP contribution >= 0.6 is 0 Å². The van der Waals surface area contributed by atoms with Crippen LogP contribution in [0.15, 0.2) is 59.8 Å². The number of alkyl halides is 3. The molecule has 52 heavy (non-hydrogen) atoms. The molecular weight excluding hydrogens is 676 g/mol. The molecule has 4 heterocycles. The number of hydrogen-bond acceptors (Lipinski definition) is 8. The van der Waals surface area contributed by atoms with E-state index in [0.717, 1.165) is 25.0 Å². The van der Waals surface area contributed by atoms with E-state index in [2.05, 4.69) is 46.7 Å². The van der Waals surface area contributed by atoms with Gasteiger partial charge < -0.3 is 25.3 Å². The Hall–Kier alpha value is -4.24. The predicted octanol–water partition coefficient (Wildman–Crippen LogP) is 5.66. The van der Waals surface area contributed by atoms with Gasteiger partial charge in [0.2, 0.25) is 11.8 Å². The molecule has 0 spiro atoms. The van der Waals surface area contributed by atoms with Crippen molar-refractivity contribution in [2.24, 2.45) is 17.3 Å². The second-order valence-electron chi connectivity index (χ2n) is 15.8. The minimum Gasteiger partial charge on any atom is -0.404 e. The Kier molecular flexibility index (Phi) is 9.04. The number of amides is 2. The molecule has 3 aliphatic carbocycles. The van der Waals surface area contributed by atoms with Crippen molar-refractivity contribution in [3.8, 4) is 0 Å². The predicted molar refractivity (Wildman–Crippen MR) is 188 cm³/mol. The fourth-order valence-corrected chi connectivity index (χ4v) is 9.06. The van der Waals surface area contributed by atoms with Crippen molar-refractivity contribution >= 4 is 30.3 Å². The number of aromatic nitrogens is 3. The van der Waals surface area contributed by atoms with Gasteiger partial charge in [0.15, 0.2) is 0 Å². The Morgan fingerprint density at radius 1 is 1.12 bits per heavy atom. The number of carbonyl (C=O) groups excluding carboxylic acids is 2. The zero-order valence-electron chi connectivity index (χ0n) is 29.9. The maximum absolute atomic E-state index is 14.3. The Balaban J connectivity index is 1.14. The van der Waals surface area contributed by atoms with Gasteiger partial charge in [0.25, 0.3) is 5.56 Å². The van der Waals surface area contributed by atoms with Gasteiger partial charge in [-0.3, -0.25) is 23.9 Å². The average molecular weight is 721 g/mol. The summed E-state index contributed by atoms with van der Waals surface area (Å²) in [6.45, 7) is 10.3. The zero-order chi connectivity index (χ0) is 37.2. The lowest BCUT2D eigenvalue weighted by atomic mass is 9.43. The van der Waals surface area contributed by atoms with E-state index in [1.165, 1.54) is 29.1 Å². The summed E-state index contributed by atoms with van der Waals surface area (Å²) in [7, 11) is -0.674. The van der Waals surface area contributed by atoms with Gasteiger partial charge in [-0.1, -0.05) is 39.8 Å². The van der Waals surface area contributed by atoms with Gasteiger partial charge in [0, 0.05) is 24.6 Å². The normalized spacial score (nSPS) is 29.0. The third-order valence-electron chi connectivity index (χ3n) is 12.1. The molecule has 15 heteroatoms. The van der Waals surface area contributed by atoms with E-state index in [0.29, 0.717) is 29.5 Å². The SMILES string of the molecule is CC[C@H](NC(=O)[C@@H]1C[C@@](C)(CC(=O)Nc2cccnc2)c2ncc(NCc3cccc(C(F)(F)F)c3)c(=O)n21)B1O[C@@H]2C[C@@H]3C[C@@H](C3(C)C)[C@]2(C)O1. The van der Waals surface area contributed by atoms with Gasteiger partial charge in [-0.15, -0.1) is 0 Å². The highest BCUT2D eigenvalue weighted by atomic mass is 19.4. The molecule has 7 atom stereocenters. The molecule has 3 N–H and O–H groups in total. The summed E-state index contributed by atoms with van der Waals surface area (Å²) in [6, 6.07) is 7.17. The number of benzene rings is 1. The first-order chi connectivity index (χ1) is 24.5. The van der Waals surface area contributed by atoms with Crippen molar-refractivity contribution in [1.82, 2.24) is 19.9 Å². The summed E-state index contributed by atoms with van der Waals surface area (Å²) in [5.74, 6) is -0.142. The number of rotatable bonds is 10. The number of hydrogen-bond donors (Lipinski definition) is 3. The Morgan fingerprint density at radius 2 is 1.90 bits per heavy atom. The van der Waals surface area contributed by atoms with Crippen LogP contribution in [-0.2, 0) is 37.0 Å². The minimum atomic E-state index is -4.52. The van der Waals surface area contributed by atoms with E-state index in [9.17, 15) is 27.6 Å². The standard InChI is InChI=1S/C37H44BF3N6O5/c1-6-29(38-51-28-15-23-14-27(34(23,2)3)36(28,5)52-38)46-31(49)26-16-35(4,17-30(48)45-24-11-8-12-42-19-24)33-44-20-25(32(50)47(26)33)43-18-21-9-7-10-22(13-21)37(39,40)41/h7-13,19-20,23,26-29,43H,6,14-18H2,1-5H3,(H,45,48)(H,46,49)/t23-,26-,27-,28+,29-,35-,36-/m0/s1. The number of nitrogens with one attached hydrogen (secondary N) is 3. The molecule has 3 saturated carbocycles. The van der Waals surface area contributed by atoms with Crippen LogP contribution < -0.4 is 21.5 Å². The molecule has 2 aromatic heterocycles. The summed E-state index contributed by atoms with van der Waals surface area (Å²) < 4.78 is 54.5. The van der Waals surface area contributed by atoms with Crippen molar-refractivity contribution < 1.29 is 32.1 Å². The number of carbonyl (C=O) groups is 2. The second-order valence-corrected chi connectivity index (χ2v) is 15.8. The smallest absolute Gasteiger partial charge is 0.404 e. The van der Waals surface area contributed by atoms with Gasteiger partial charge in [-0.2, -0.15) is 13.2 Å². The third-order valence-corrected chi connectivity index (χ3v) is 12.1. The largest absolute Gasteiger partial charge is 0.481 e. The molecule has 2 amide bonds. The van der Waals surface area contributed by atoms with Gasteiger partial charge in [0.05, 0.1) is 41.3 Å². The molecule has 0 unspecified atom stereocenters. The first kappa shape index (κ1) is 36.1. The van der Waals surface area contributed by atoms with Crippen LogP contribution in [0.5, 0.6) is 0 Å². The van der Waals surface area contributed by atoms with E-state index in [1.54, 1.807) is 25.3 Å². The monoisotopic (exact) mass is 720 g/mol. The maximum Gasteiger partial charge on any atom is 0.481 e. The lowest BCUT2D eigenvalue weighted by molar-refractivity contribution is -0.199. The summed E-state index contributed by atoms with van der Waals surface area (Å²) >= 11 is 0. The van der Waals surface area contributed by atoms with E-state index in [4.69, 9.17) is 9.31 Å². The van der Waals surface area contributed by atoms with Crippen molar-refractivity contribution in [3.63, 3.8) is 0 Å². The van der Waals surface area contributed by atoms with Crippen LogP contribution in [0.25, 0.3) is 0 Å². The maximum atomic E-state index is 14.3. The number of anilines is 2. The molecule has 1 aromatic carbocycles. The fourth-order valence-electron chi connectivity index (χ4n) is 9.06. The average Bonchev–Trinajstić information content (AvgIpc) is 3.61. The van der Waals surface area contributed by atoms with E-state index in [-0.39, 0.29) is 48.3 Å². The molecule has 11 nitrogen and oxygen atoms in total. The molecule has 2 aliphatic heterocycles. The van der Waals surface area contributed by atoms with Crippen LogP contribution in [0, 0.1) is 17.3 Å². The van der Waals surface area contributed by atoms with Gasteiger partial charge >= 0.3 is 13.3 Å². The van der Waals surface area contributed by atoms with E-state index >= 15 is 0 Å². The van der Waals surface area contributed by atoms with Gasteiger partial charge in [-0.05, 0) is 79.7 Å². The highest BCUT2D eigenvalue weighted by Gasteiger charge is 2.68. The molecule has 0 radical (unpaired) electrons. The van der Waals surface area contributed by atoms with Crippen molar-refractivity contribution in [3.05, 3.63) is 82.3 Å². The van der Waals surface area contributed by atoms with Gasteiger partial charge in [0.1, 0.15) is 17.6 Å². The summed E-state index contributed by atoms with van der Waals surface area (Å²) in [5, 5.41) is 8.86. The first-order valence-electron chi connectivity index (χ1n) is 17.9. The van der Waals surface area contributed by atoms with E-state index < -0.39 is 53.3 Å². The topological polar surface area (TPSA) is 136 Å². The van der Waals surface area contributed by atoms with Gasteiger partial charge in [-0.25, -0.2) is 4.98 Å². The van der Waals surface area contributed by atoms with Crippen molar-refractivity contribution in [2.75, 3.05) is 10.6 Å². The highest BCUT2D eigenvalue weighted by Crippen LogP contribution is 2.65. The van der Waals surface area contributed by atoms with Crippen LogP contribution in [0.3, 0.4) is 0 Å². The number of nitrogens with zero attached hydrogens (tertiary/aromatic N) is 3. The Bertz CT molecular complexity index is 1930. The molecule has 1 saturated heterocycles. The zero-order valence-corrected chi connectivity index (χ0v) is 29.9. The molecule has 4 fully saturated rings. The molecule has 276 valence electrons. The molecule has 5 aliphatic rings. The lowest BCUT2D eigenvalue weighted by Crippen LogP contribution is -2.65. The van der Waals surface area contributed by atoms with Crippen LogP contribution in [-0.4, -0.2) is 51.1 Å². The number of fused-ring (bicyclic) bond motifs is 1. The Labute approximate surface area is 300 Å². The highest BCUT2D eigenvalue weighted by molar-refractivity contribution is 6.47.